The SMILES string of the molecule is C=CC(O)N1CCN(c2cc(=O)n3c4c(c(-c5ccccc5F)c(Cl)cc24)OCC3CN2CCC2)C[C@H]1C. The van der Waals surface area contributed by atoms with Crippen LogP contribution >= 0.6 is 11.6 Å². The number of piperazine rings is 1. The van der Waals surface area contributed by atoms with Crippen LogP contribution in [-0.2, 0) is 0 Å². The van der Waals surface area contributed by atoms with Crippen molar-refractivity contribution in [3.8, 4) is 16.9 Å². The van der Waals surface area contributed by atoms with Gasteiger partial charge in [-0.25, -0.2) is 4.39 Å². The van der Waals surface area contributed by atoms with Crippen LogP contribution in [0, 0.1) is 5.82 Å². The number of pyridine rings is 1. The largest absolute Gasteiger partial charge is 0.488 e. The molecule has 2 saturated heterocycles. The first kappa shape index (κ1) is 25.4. The average molecular weight is 539 g/mol. The quantitative estimate of drug-likeness (QED) is 0.477. The summed E-state index contributed by atoms with van der Waals surface area (Å²) >= 11 is 6.87. The Hall–Kier alpha value is -2.91. The van der Waals surface area contributed by atoms with Gasteiger partial charge in [0.1, 0.15) is 18.7 Å². The number of ether oxygens (including phenoxy) is 1. The van der Waals surface area contributed by atoms with Gasteiger partial charge >= 0.3 is 0 Å². The van der Waals surface area contributed by atoms with Crippen molar-refractivity contribution in [3.63, 3.8) is 0 Å². The highest BCUT2D eigenvalue weighted by atomic mass is 35.5. The molecule has 0 bridgehead atoms. The summed E-state index contributed by atoms with van der Waals surface area (Å²) in [4.78, 5) is 20.3. The van der Waals surface area contributed by atoms with E-state index in [0.717, 1.165) is 37.1 Å². The first-order valence-electron chi connectivity index (χ1n) is 13.2. The average Bonchev–Trinajstić information content (AvgIpc) is 2.88. The molecule has 2 unspecified atom stereocenters. The van der Waals surface area contributed by atoms with E-state index in [2.05, 4.69) is 16.4 Å². The van der Waals surface area contributed by atoms with Crippen molar-refractivity contribution in [3.05, 3.63) is 70.2 Å². The molecule has 2 aromatic carbocycles. The fraction of sp³-hybridized carbons (Fsp3) is 0.414. The zero-order valence-electron chi connectivity index (χ0n) is 21.4. The van der Waals surface area contributed by atoms with E-state index in [1.165, 1.54) is 12.1 Å². The highest BCUT2D eigenvalue weighted by molar-refractivity contribution is 6.35. The number of rotatable bonds is 6. The Morgan fingerprint density at radius 2 is 2.03 bits per heavy atom. The van der Waals surface area contributed by atoms with Gasteiger partial charge in [0.05, 0.1) is 22.3 Å². The zero-order chi connectivity index (χ0) is 26.6. The lowest BCUT2D eigenvalue weighted by Crippen LogP contribution is -2.55. The molecule has 6 rings (SSSR count). The first-order valence-corrected chi connectivity index (χ1v) is 13.6. The predicted octanol–water partition coefficient (Wildman–Crippen LogP) is 4.12. The molecule has 7 nitrogen and oxygen atoms in total. The molecular formula is C29H32ClFN4O3. The van der Waals surface area contributed by atoms with Crippen LogP contribution in [0.15, 0.2) is 53.8 Å². The Balaban J connectivity index is 1.53. The lowest BCUT2D eigenvalue weighted by molar-refractivity contribution is 0.00876. The van der Waals surface area contributed by atoms with Crippen LogP contribution in [-0.4, -0.2) is 77.6 Å². The summed E-state index contributed by atoms with van der Waals surface area (Å²) in [5.74, 6) is 0.0530. The topological polar surface area (TPSA) is 61.2 Å². The minimum Gasteiger partial charge on any atom is -0.488 e. The molecule has 0 spiro atoms. The van der Waals surface area contributed by atoms with Crippen molar-refractivity contribution in [2.75, 3.05) is 50.8 Å². The molecule has 9 heteroatoms. The number of hydrogen-bond donors (Lipinski definition) is 1. The molecule has 4 heterocycles. The summed E-state index contributed by atoms with van der Waals surface area (Å²) in [6.45, 7) is 10.7. The number of hydrogen-bond acceptors (Lipinski definition) is 6. The monoisotopic (exact) mass is 538 g/mol. The molecule has 3 aliphatic heterocycles. The fourth-order valence-electron chi connectivity index (χ4n) is 6.07. The Morgan fingerprint density at radius 3 is 2.71 bits per heavy atom. The van der Waals surface area contributed by atoms with Crippen LogP contribution in [0.2, 0.25) is 5.02 Å². The number of benzene rings is 2. The fourth-order valence-corrected chi connectivity index (χ4v) is 6.37. The molecular weight excluding hydrogens is 507 g/mol. The minimum atomic E-state index is -0.720. The summed E-state index contributed by atoms with van der Waals surface area (Å²) < 4.78 is 23.2. The molecule has 3 atom stereocenters. The maximum Gasteiger partial charge on any atom is 0.253 e. The van der Waals surface area contributed by atoms with E-state index in [0.29, 0.717) is 53.7 Å². The summed E-state index contributed by atoms with van der Waals surface area (Å²) in [6, 6.07) is 9.92. The number of likely N-dealkylation sites (tertiary alicyclic amines) is 1. The molecule has 2 fully saturated rings. The first-order chi connectivity index (χ1) is 18.4. The second-order valence-electron chi connectivity index (χ2n) is 10.5. The molecule has 38 heavy (non-hydrogen) atoms. The van der Waals surface area contributed by atoms with E-state index in [1.54, 1.807) is 24.3 Å². The second kappa shape index (κ2) is 10.0. The van der Waals surface area contributed by atoms with E-state index < -0.39 is 12.0 Å². The van der Waals surface area contributed by atoms with Gasteiger partial charge in [-0.15, -0.1) is 0 Å². The van der Waals surface area contributed by atoms with E-state index in [9.17, 15) is 14.3 Å². The van der Waals surface area contributed by atoms with Crippen molar-refractivity contribution in [2.45, 2.75) is 31.7 Å². The van der Waals surface area contributed by atoms with Gasteiger partial charge < -0.3 is 19.6 Å². The molecule has 1 aromatic heterocycles. The predicted molar refractivity (Wildman–Crippen MR) is 149 cm³/mol. The highest BCUT2D eigenvalue weighted by Crippen LogP contribution is 2.47. The van der Waals surface area contributed by atoms with Gasteiger partial charge in [0.25, 0.3) is 5.56 Å². The van der Waals surface area contributed by atoms with Gasteiger partial charge in [0.15, 0.2) is 5.75 Å². The Morgan fingerprint density at radius 1 is 1.24 bits per heavy atom. The van der Waals surface area contributed by atoms with Crippen molar-refractivity contribution < 1.29 is 14.2 Å². The third kappa shape index (κ3) is 4.20. The number of halogens is 2. The molecule has 0 radical (unpaired) electrons. The highest BCUT2D eigenvalue weighted by Gasteiger charge is 2.34. The summed E-state index contributed by atoms with van der Waals surface area (Å²) in [5, 5.41) is 11.5. The standard InChI is InChI=1S/C29H32ClFN4O3/c1-3-25(36)34-12-11-33(15-18(34)2)24-14-26(37)35-19(16-32-9-6-10-32)17-38-29-27(20-7-4-5-8-23(20)31)22(30)13-21(24)28(29)35/h3-5,7-8,13-14,18-19,25,36H,1,6,9-12,15-17H2,2H3/t18-,19?,25?/m1/s1. The molecule has 0 aliphatic carbocycles. The molecule has 3 aliphatic rings. The number of aliphatic hydroxyl groups is 1. The molecule has 1 N–H and O–H groups in total. The zero-order valence-corrected chi connectivity index (χ0v) is 22.2. The Kier molecular flexibility index (Phi) is 6.68. The summed E-state index contributed by atoms with van der Waals surface area (Å²) in [6.07, 6.45) is 1.97. The molecule has 3 aromatic rings. The van der Waals surface area contributed by atoms with Crippen LogP contribution < -0.4 is 15.2 Å². The summed E-state index contributed by atoms with van der Waals surface area (Å²) in [5.41, 5.74) is 2.15. The minimum absolute atomic E-state index is 0.0326. The van der Waals surface area contributed by atoms with Crippen LogP contribution in [0.4, 0.5) is 10.1 Å². The van der Waals surface area contributed by atoms with Crippen molar-refractivity contribution in [1.29, 1.82) is 0 Å². The van der Waals surface area contributed by atoms with Gasteiger partial charge in [-0.3, -0.25) is 14.3 Å². The maximum absolute atomic E-state index is 15.0. The number of aromatic nitrogens is 1. The number of anilines is 1. The summed E-state index contributed by atoms with van der Waals surface area (Å²) in [7, 11) is 0. The molecule has 0 amide bonds. The maximum atomic E-state index is 15.0. The van der Waals surface area contributed by atoms with E-state index >= 15 is 0 Å². The van der Waals surface area contributed by atoms with Crippen molar-refractivity contribution in [2.24, 2.45) is 0 Å². The smallest absolute Gasteiger partial charge is 0.253 e. The molecule has 200 valence electrons. The molecule has 0 saturated carbocycles. The van der Waals surface area contributed by atoms with Gasteiger partial charge in [0.2, 0.25) is 0 Å². The van der Waals surface area contributed by atoms with Crippen LogP contribution in [0.25, 0.3) is 22.0 Å². The number of aliphatic hydroxyl groups excluding tert-OH is 1. The van der Waals surface area contributed by atoms with Gasteiger partial charge in [0, 0.05) is 54.8 Å². The third-order valence-electron chi connectivity index (χ3n) is 8.14. The van der Waals surface area contributed by atoms with Gasteiger partial charge in [-0.2, -0.15) is 0 Å². The van der Waals surface area contributed by atoms with Crippen LogP contribution in [0.3, 0.4) is 0 Å². The third-order valence-corrected chi connectivity index (χ3v) is 8.44. The van der Waals surface area contributed by atoms with E-state index in [4.69, 9.17) is 16.3 Å². The van der Waals surface area contributed by atoms with E-state index in [1.807, 2.05) is 22.5 Å². The lowest BCUT2D eigenvalue weighted by atomic mass is 9.98. The Labute approximate surface area is 226 Å². The number of nitrogens with zero attached hydrogens (tertiary/aromatic N) is 4. The van der Waals surface area contributed by atoms with Gasteiger partial charge in [-0.05, 0) is 44.6 Å². The van der Waals surface area contributed by atoms with Crippen LogP contribution in [0.1, 0.15) is 19.4 Å². The Bertz CT molecular complexity index is 1460. The lowest BCUT2D eigenvalue weighted by Gasteiger charge is -2.43. The van der Waals surface area contributed by atoms with E-state index in [-0.39, 0.29) is 17.6 Å². The van der Waals surface area contributed by atoms with Crippen molar-refractivity contribution >= 4 is 28.2 Å². The normalized spacial score (nSPS) is 22.7. The van der Waals surface area contributed by atoms with Crippen molar-refractivity contribution in [1.82, 2.24) is 14.4 Å². The van der Waals surface area contributed by atoms with Gasteiger partial charge in [-0.1, -0.05) is 36.4 Å². The van der Waals surface area contributed by atoms with Crippen LogP contribution in [0.5, 0.6) is 5.75 Å². The second-order valence-corrected chi connectivity index (χ2v) is 10.9.